The lowest BCUT2D eigenvalue weighted by Gasteiger charge is -2.09. The van der Waals surface area contributed by atoms with E-state index in [-0.39, 0.29) is 5.91 Å². The van der Waals surface area contributed by atoms with Gasteiger partial charge in [-0.05, 0) is 42.5 Å². The summed E-state index contributed by atoms with van der Waals surface area (Å²) in [5, 5.41) is 4.57. The van der Waals surface area contributed by atoms with Gasteiger partial charge in [-0.15, -0.1) is 0 Å². The molecule has 2 heterocycles. The van der Waals surface area contributed by atoms with Gasteiger partial charge < -0.3 is 5.32 Å². The molecule has 1 N–H and O–H groups in total. The average molecular weight is 357 g/mol. The predicted molar refractivity (Wildman–Crippen MR) is 104 cm³/mol. The molecule has 5 heteroatoms. The molecule has 0 unspecified atom stereocenters. The van der Waals surface area contributed by atoms with Crippen molar-refractivity contribution in [1.29, 1.82) is 0 Å². The number of carbonyl (C=O) groups excluding carboxylic acids is 1. The molecule has 126 valence electrons. The maximum Gasteiger partial charge on any atom is 0.259 e. The van der Waals surface area contributed by atoms with E-state index in [1.54, 1.807) is 24.4 Å². The van der Waals surface area contributed by atoms with Crippen LogP contribution in [0.5, 0.6) is 0 Å². The van der Waals surface area contributed by atoms with Crippen molar-refractivity contribution in [3.05, 3.63) is 90.6 Å². The zero-order chi connectivity index (χ0) is 17.8. The molecule has 1 amide bonds. The average Bonchev–Trinajstić information content (AvgIpc) is 2.69. The lowest BCUT2D eigenvalue weighted by Crippen LogP contribution is -2.14. The van der Waals surface area contributed by atoms with Crippen molar-refractivity contribution in [2.75, 3.05) is 5.32 Å². The van der Waals surface area contributed by atoms with Crippen molar-refractivity contribution in [3.63, 3.8) is 0 Å². The number of anilines is 1. The van der Waals surface area contributed by atoms with Crippen molar-refractivity contribution in [1.82, 2.24) is 9.97 Å². The lowest BCUT2D eigenvalue weighted by atomic mass is 10.2. The van der Waals surface area contributed by atoms with Crippen LogP contribution in [0.4, 0.5) is 5.82 Å². The molecule has 26 heavy (non-hydrogen) atoms. The minimum atomic E-state index is -0.223. The van der Waals surface area contributed by atoms with E-state index >= 15 is 0 Å². The third-order valence-corrected chi connectivity index (χ3v) is 4.84. The van der Waals surface area contributed by atoms with Crippen LogP contribution in [0.3, 0.4) is 0 Å². The molecule has 2 aromatic heterocycles. The molecule has 0 spiro atoms. The van der Waals surface area contributed by atoms with Gasteiger partial charge in [-0.25, -0.2) is 9.97 Å². The second-order valence-corrected chi connectivity index (χ2v) is 6.68. The second kappa shape index (κ2) is 7.37. The zero-order valence-electron chi connectivity index (χ0n) is 13.8. The van der Waals surface area contributed by atoms with Crippen molar-refractivity contribution in [2.45, 2.75) is 9.92 Å². The summed E-state index contributed by atoms with van der Waals surface area (Å²) in [6.45, 7) is 0. The molecule has 4 aromatic rings. The van der Waals surface area contributed by atoms with E-state index in [2.05, 4.69) is 15.3 Å². The fraction of sp³-hybridized carbons (Fsp3) is 0. The number of benzene rings is 2. The first-order valence-electron chi connectivity index (χ1n) is 8.15. The number of carbonyl (C=O) groups is 1. The van der Waals surface area contributed by atoms with Gasteiger partial charge in [0.15, 0.2) is 0 Å². The number of fused-ring (bicyclic) bond motifs is 1. The SMILES string of the molecule is O=C(Nc1ccc2ccccc2n1)c1cccnc1Sc1ccccc1. The zero-order valence-corrected chi connectivity index (χ0v) is 14.6. The maximum absolute atomic E-state index is 12.8. The number of amides is 1. The standard InChI is InChI=1S/C21H15N3OS/c25-20(24-19-13-12-15-7-4-5-11-18(15)23-19)17-10-6-14-22-21(17)26-16-8-2-1-3-9-16/h1-14H,(H,23,24,25). The van der Waals surface area contributed by atoms with Crippen LogP contribution in [-0.2, 0) is 0 Å². The number of nitrogens with zero attached hydrogens (tertiary/aromatic N) is 2. The largest absolute Gasteiger partial charge is 0.306 e. The number of rotatable bonds is 4. The van der Waals surface area contributed by atoms with Gasteiger partial charge in [0.1, 0.15) is 10.8 Å². The summed E-state index contributed by atoms with van der Waals surface area (Å²) in [6.07, 6.45) is 1.69. The number of hydrogen-bond donors (Lipinski definition) is 1. The molecule has 0 radical (unpaired) electrons. The molecule has 0 fully saturated rings. The van der Waals surface area contributed by atoms with E-state index in [0.717, 1.165) is 15.8 Å². The Morgan fingerprint density at radius 1 is 0.846 bits per heavy atom. The monoisotopic (exact) mass is 357 g/mol. The predicted octanol–water partition coefficient (Wildman–Crippen LogP) is 5.03. The molecule has 4 nitrogen and oxygen atoms in total. The van der Waals surface area contributed by atoms with Crippen molar-refractivity contribution in [2.24, 2.45) is 0 Å². The topological polar surface area (TPSA) is 54.9 Å². The molecule has 0 aliphatic rings. The van der Waals surface area contributed by atoms with Gasteiger partial charge in [0.25, 0.3) is 5.91 Å². The summed E-state index contributed by atoms with van der Waals surface area (Å²) >= 11 is 1.46. The highest BCUT2D eigenvalue weighted by atomic mass is 32.2. The lowest BCUT2D eigenvalue weighted by molar-refractivity contribution is 0.102. The number of pyridine rings is 2. The highest BCUT2D eigenvalue weighted by molar-refractivity contribution is 7.99. The summed E-state index contributed by atoms with van der Waals surface area (Å²) in [5.41, 5.74) is 1.37. The van der Waals surface area contributed by atoms with Gasteiger partial charge in [-0.1, -0.05) is 48.2 Å². The first kappa shape index (κ1) is 16.3. The quantitative estimate of drug-likeness (QED) is 0.556. The van der Waals surface area contributed by atoms with Gasteiger partial charge in [0, 0.05) is 16.5 Å². The second-order valence-electron chi connectivity index (χ2n) is 5.61. The maximum atomic E-state index is 12.8. The van der Waals surface area contributed by atoms with Crippen molar-refractivity contribution in [3.8, 4) is 0 Å². The van der Waals surface area contributed by atoms with Crippen LogP contribution in [0.2, 0.25) is 0 Å². The van der Waals surface area contributed by atoms with Crippen LogP contribution >= 0.6 is 11.8 Å². The first-order valence-corrected chi connectivity index (χ1v) is 8.96. The van der Waals surface area contributed by atoms with Crippen LogP contribution in [0, 0.1) is 0 Å². The van der Waals surface area contributed by atoms with Gasteiger partial charge in [-0.3, -0.25) is 4.79 Å². The molecular formula is C21H15N3OS. The highest BCUT2D eigenvalue weighted by Gasteiger charge is 2.14. The van der Waals surface area contributed by atoms with Crippen LogP contribution in [0.25, 0.3) is 10.9 Å². The third-order valence-electron chi connectivity index (χ3n) is 3.81. The van der Waals surface area contributed by atoms with Crippen molar-refractivity contribution >= 4 is 34.4 Å². The summed E-state index contributed by atoms with van der Waals surface area (Å²) in [5.74, 6) is 0.299. The minimum absolute atomic E-state index is 0.223. The van der Waals surface area contributed by atoms with Crippen molar-refractivity contribution < 1.29 is 4.79 Å². The van der Waals surface area contributed by atoms with Gasteiger partial charge in [0.05, 0.1) is 11.1 Å². The Balaban J connectivity index is 1.59. The Morgan fingerprint density at radius 3 is 2.54 bits per heavy atom. The summed E-state index contributed by atoms with van der Waals surface area (Å²) in [6, 6.07) is 25.0. The Hall–Kier alpha value is -3.18. The van der Waals surface area contributed by atoms with E-state index in [9.17, 15) is 4.79 Å². The van der Waals surface area contributed by atoms with Crippen LogP contribution < -0.4 is 5.32 Å². The van der Waals surface area contributed by atoms with Crippen LogP contribution in [0.1, 0.15) is 10.4 Å². The minimum Gasteiger partial charge on any atom is -0.306 e. The Morgan fingerprint density at radius 2 is 1.65 bits per heavy atom. The normalized spacial score (nSPS) is 10.6. The Labute approximate surface area is 155 Å². The fourth-order valence-electron chi connectivity index (χ4n) is 2.56. The molecule has 0 atom stereocenters. The first-order chi connectivity index (χ1) is 12.8. The molecule has 0 bridgehead atoms. The molecule has 0 saturated carbocycles. The van der Waals surface area contributed by atoms with Crippen LogP contribution in [-0.4, -0.2) is 15.9 Å². The van der Waals surface area contributed by atoms with E-state index in [1.165, 1.54) is 11.8 Å². The molecule has 4 rings (SSSR count). The number of hydrogen-bond acceptors (Lipinski definition) is 4. The summed E-state index contributed by atoms with van der Waals surface area (Å²) in [7, 11) is 0. The summed E-state index contributed by atoms with van der Waals surface area (Å²) in [4.78, 5) is 22.7. The van der Waals surface area contributed by atoms with Gasteiger partial charge >= 0.3 is 0 Å². The highest BCUT2D eigenvalue weighted by Crippen LogP contribution is 2.28. The van der Waals surface area contributed by atoms with E-state index in [0.29, 0.717) is 16.4 Å². The Kier molecular flexibility index (Phi) is 4.62. The van der Waals surface area contributed by atoms with E-state index in [1.807, 2.05) is 60.7 Å². The molecule has 0 aliphatic heterocycles. The fourth-order valence-corrected chi connectivity index (χ4v) is 3.47. The van der Waals surface area contributed by atoms with Crippen LogP contribution in [0.15, 0.2) is 95.0 Å². The van der Waals surface area contributed by atoms with E-state index < -0.39 is 0 Å². The molecule has 0 saturated heterocycles. The Bertz CT molecular complexity index is 1070. The summed E-state index contributed by atoms with van der Waals surface area (Å²) < 4.78 is 0. The van der Waals surface area contributed by atoms with Gasteiger partial charge in [-0.2, -0.15) is 0 Å². The third kappa shape index (κ3) is 3.58. The number of nitrogens with one attached hydrogen (secondary N) is 1. The van der Waals surface area contributed by atoms with E-state index in [4.69, 9.17) is 0 Å². The number of para-hydroxylation sites is 1. The molecule has 2 aromatic carbocycles. The molecular weight excluding hydrogens is 342 g/mol. The van der Waals surface area contributed by atoms with Gasteiger partial charge in [0.2, 0.25) is 0 Å². The molecule has 0 aliphatic carbocycles. The number of aromatic nitrogens is 2. The smallest absolute Gasteiger partial charge is 0.259 e.